The average Bonchev–Trinajstić information content (AvgIpc) is 0.812. The molecule has 122 heavy (non-hydrogen) atoms. The Hall–Kier alpha value is -13.3. The van der Waals surface area contributed by atoms with Gasteiger partial charge in [0.25, 0.3) is 0 Å². The number of hydrogen-bond acceptors (Lipinski definition) is 0. The first-order valence-corrected chi connectivity index (χ1v) is 43.0. The Morgan fingerprint density at radius 1 is 0.115 bits per heavy atom. The summed E-state index contributed by atoms with van der Waals surface area (Å²) in [6.45, 7) is 42.9. The van der Waals surface area contributed by atoms with Crippen molar-refractivity contribution < 1.29 is 0 Å². The van der Waals surface area contributed by atoms with Gasteiger partial charge in [0.05, 0.1) is 0 Å². The summed E-state index contributed by atoms with van der Waals surface area (Å²) in [7, 11) is 0. The lowest BCUT2D eigenvalue weighted by molar-refractivity contribution is 1.38. The number of hydrogen-bond donors (Lipinski definition) is 0. The maximum absolute atomic E-state index is 2.24. The number of aryl methyl sites for hydroxylation is 20. The van der Waals surface area contributed by atoms with Crippen molar-refractivity contribution >= 4 is 97.0 Å². The van der Waals surface area contributed by atoms with E-state index in [0.717, 1.165) is 0 Å². The smallest absolute Gasteiger partial charge is 0.0125 e. The highest BCUT2D eigenvalue weighted by Crippen LogP contribution is 2.30. The van der Waals surface area contributed by atoms with Crippen LogP contribution < -0.4 is 0 Å². The van der Waals surface area contributed by atoms with Crippen molar-refractivity contribution in [2.45, 2.75) is 138 Å². The van der Waals surface area contributed by atoms with E-state index < -0.39 is 0 Å². The fraction of sp³-hybridized carbons (Fsp3) is 0.164. The molecular formula is C122H122. The van der Waals surface area contributed by atoms with Crippen molar-refractivity contribution in [2.24, 2.45) is 0 Å². The lowest BCUT2D eigenvalue weighted by atomic mass is 9.97. The van der Waals surface area contributed by atoms with Crippen molar-refractivity contribution in [3.63, 3.8) is 0 Å². The van der Waals surface area contributed by atoms with Crippen molar-refractivity contribution in [1.82, 2.24) is 0 Å². The molecular weight excluding hydrogens is 1470 g/mol. The Bertz CT molecular complexity index is 6570. The van der Waals surface area contributed by atoms with Gasteiger partial charge in [0.15, 0.2) is 0 Å². The van der Waals surface area contributed by atoms with Gasteiger partial charge in [-0.1, -0.05) is 415 Å². The fourth-order valence-electron chi connectivity index (χ4n) is 16.0. The summed E-state index contributed by atoms with van der Waals surface area (Å²) < 4.78 is 0. The van der Waals surface area contributed by atoms with E-state index in [1.54, 1.807) is 0 Å². The van der Waals surface area contributed by atoms with Gasteiger partial charge in [0, 0.05) is 0 Å². The van der Waals surface area contributed by atoms with Crippen LogP contribution in [0.3, 0.4) is 0 Å². The molecule has 20 aromatic carbocycles. The first kappa shape index (κ1) is 89.5. The minimum atomic E-state index is 1.33. The molecule has 0 aliphatic carbocycles. The highest BCUT2D eigenvalue weighted by atomic mass is 14.1. The minimum Gasteiger partial charge on any atom is -0.0620 e. The van der Waals surface area contributed by atoms with E-state index in [1.165, 1.54) is 219 Å². The van der Waals surface area contributed by atoms with Crippen LogP contribution in [0.25, 0.3) is 108 Å². The third kappa shape index (κ3) is 24.3. The second kappa shape index (κ2) is 43.1. The Morgan fingerprint density at radius 3 is 0.861 bits per heavy atom. The van der Waals surface area contributed by atoms with Gasteiger partial charge in [-0.3, -0.25) is 0 Å². The molecule has 0 unspecified atom stereocenters. The molecule has 20 aromatic rings. The minimum absolute atomic E-state index is 1.33. The third-order valence-corrected chi connectivity index (χ3v) is 23.1. The Balaban J connectivity index is 0.000000132. The van der Waals surface area contributed by atoms with E-state index in [-0.39, 0.29) is 0 Å². The van der Waals surface area contributed by atoms with Crippen LogP contribution >= 0.6 is 0 Å². The lowest BCUT2D eigenvalue weighted by Crippen LogP contribution is -1.85. The zero-order chi connectivity index (χ0) is 86.9. The van der Waals surface area contributed by atoms with E-state index in [2.05, 4.69) is 515 Å². The van der Waals surface area contributed by atoms with Crippen LogP contribution in [-0.2, 0) is 0 Å². The maximum Gasteiger partial charge on any atom is -0.0125 e. The van der Waals surface area contributed by atoms with Gasteiger partial charge >= 0.3 is 0 Å². The molecule has 0 nitrogen and oxygen atoms in total. The zero-order valence-electron chi connectivity index (χ0n) is 75.8. The summed E-state index contributed by atoms with van der Waals surface area (Å²) in [4.78, 5) is 0. The first-order valence-electron chi connectivity index (χ1n) is 43.0. The van der Waals surface area contributed by atoms with E-state index >= 15 is 0 Å². The first-order chi connectivity index (χ1) is 58.8. The average molecular weight is 1590 g/mol. The van der Waals surface area contributed by atoms with E-state index in [1.807, 2.05) is 0 Å². The summed E-state index contributed by atoms with van der Waals surface area (Å²) >= 11 is 0. The predicted octanol–water partition coefficient (Wildman–Crippen LogP) is 35.1. The zero-order valence-corrected chi connectivity index (χ0v) is 75.8. The van der Waals surface area contributed by atoms with Gasteiger partial charge in [-0.15, -0.1) is 0 Å². The van der Waals surface area contributed by atoms with E-state index in [0.29, 0.717) is 0 Å². The second-order valence-corrected chi connectivity index (χ2v) is 33.2. The van der Waals surface area contributed by atoms with Gasteiger partial charge in [0.1, 0.15) is 0 Å². The van der Waals surface area contributed by atoms with Crippen LogP contribution in [0.4, 0.5) is 0 Å². The second-order valence-electron chi connectivity index (χ2n) is 33.2. The quantitative estimate of drug-likeness (QED) is 0.154. The molecule has 0 radical (unpaired) electrons. The molecule has 0 bridgehead atoms. The van der Waals surface area contributed by atoms with Crippen LogP contribution in [-0.4, -0.2) is 0 Å². The van der Waals surface area contributed by atoms with Crippen molar-refractivity contribution in [1.29, 1.82) is 0 Å². The Morgan fingerprint density at radius 2 is 0.385 bits per heavy atom. The van der Waals surface area contributed by atoms with Crippen LogP contribution in [0, 0.1) is 138 Å². The molecule has 0 amide bonds. The SMILES string of the molecule is Cc1cc(C)c2ccccc2c1.Cc1ccc(C)c2ccccc12.Cc1ccc2c(C)cccc2c1.Cc1ccc2cc(C)ccc2c1.Cc1ccc2ccc(C)cc2c1.Cc1ccc2cccc(C)c2c1.Cc1ccc2ccccc2c1C.Cc1cccc2c(C)cccc12.Cc1cccc2cccc(C)c12.Cc1ccccc1-c1ccccc1C. The molecule has 610 valence electrons. The summed E-state index contributed by atoms with van der Waals surface area (Å²) in [5, 5.41) is 24.4. The monoisotopic (exact) mass is 1590 g/mol. The third-order valence-electron chi connectivity index (χ3n) is 23.1. The topological polar surface area (TPSA) is 0 Å². The molecule has 0 spiro atoms. The van der Waals surface area contributed by atoms with Gasteiger partial charge in [0.2, 0.25) is 0 Å². The molecule has 0 N–H and O–H groups in total. The van der Waals surface area contributed by atoms with Gasteiger partial charge in [-0.2, -0.15) is 0 Å². The number of rotatable bonds is 1. The molecule has 20 rings (SSSR count). The lowest BCUT2D eigenvalue weighted by Gasteiger charge is -2.08. The van der Waals surface area contributed by atoms with Crippen LogP contribution in [0.15, 0.2) is 376 Å². The maximum atomic E-state index is 2.24. The summed E-state index contributed by atoms with van der Waals surface area (Å²) in [5.74, 6) is 0. The summed E-state index contributed by atoms with van der Waals surface area (Å²) in [5.41, 5.74) is 29.7. The van der Waals surface area contributed by atoms with Crippen molar-refractivity contribution in [3.05, 3.63) is 487 Å². The highest BCUT2D eigenvalue weighted by molar-refractivity contribution is 5.93. The molecule has 0 saturated carbocycles. The molecule has 0 aliphatic heterocycles. The van der Waals surface area contributed by atoms with Crippen LogP contribution in [0.2, 0.25) is 0 Å². The molecule has 0 fully saturated rings. The van der Waals surface area contributed by atoms with Crippen molar-refractivity contribution in [3.8, 4) is 11.1 Å². The predicted molar refractivity (Wildman–Crippen MR) is 542 cm³/mol. The fourth-order valence-corrected chi connectivity index (χ4v) is 16.0. The molecule has 0 atom stereocenters. The number of fused-ring (bicyclic) bond motifs is 9. The molecule has 0 heterocycles. The van der Waals surface area contributed by atoms with Gasteiger partial charge < -0.3 is 0 Å². The summed E-state index contributed by atoms with van der Waals surface area (Å²) in [6.07, 6.45) is 0. The molecule has 0 saturated heterocycles. The van der Waals surface area contributed by atoms with Gasteiger partial charge in [-0.05, 0) is 319 Å². The largest absolute Gasteiger partial charge is 0.0620 e. The summed E-state index contributed by atoms with van der Waals surface area (Å²) in [6, 6.07) is 134. The Kier molecular flexibility index (Phi) is 31.6. The normalized spacial score (nSPS) is 10.5. The van der Waals surface area contributed by atoms with E-state index in [9.17, 15) is 0 Å². The standard InChI is InChI=1S/C14H14.9C12H12/c1-11-7-3-5-9-13(11)14-10-6-4-8-12(14)2;1-9-3-5-12-8-10(2)4-6-11(12)7-9;1-9-3-5-11-6-4-10(2)8-12(11)7-9;1-9-5-3-8-12-10(2)6-4-7-11(9)12;1-9-5-3-7-11-8-4-6-10(2)12(9)11;1-9-6-7-12-10(2)4-3-5-11(12)8-9;1-9-6-7-11-5-3-4-10(2)12(11)8-9;1-9-7-10(2)12-6-4-3-5-11(12)8-9;1-9-7-8-11-5-3-4-6-12(11)10(9)2;1-9-7-8-10(2)12-6-4-3-5-11(9)12/h3-10H,1-2H3;9*3-8H,1-2H3. The van der Waals surface area contributed by atoms with Crippen molar-refractivity contribution in [2.75, 3.05) is 0 Å². The molecule has 0 heteroatoms. The Labute approximate surface area is 728 Å². The van der Waals surface area contributed by atoms with Gasteiger partial charge in [-0.25, -0.2) is 0 Å². The molecule has 0 aliphatic rings. The van der Waals surface area contributed by atoms with E-state index in [4.69, 9.17) is 0 Å². The highest BCUT2D eigenvalue weighted by Gasteiger charge is 2.06. The van der Waals surface area contributed by atoms with Crippen LogP contribution in [0.1, 0.15) is 111 Å². The van der Waals surface area contributed by atoms with Crippen LogP contribution in [0.5, 0.6) is 0 Å². The molecule has 0 aromatic heterocycles. The number of benzene rings is 20.